The lowest BCUT2D eigenvalue weighted by Crippen LogP contribution is -2.44. The van der Waals surface area contributed by atoms with Crippen LogP contribution < -0.4 is 0 Å². The number of carbonyl (C=O) groups excluding carboxylic acids is 2. The van der Waals surface area contributed by atoms with Crippen molar-refractivity contribution in [2.24, 2.45) is 13.0 Å². The summed E-state index contributed by atoms with van der Waals surface area (Å²) in [5, 5.41) is 1.17. The van der Waals surface area contributed by atoms with E-state index in [2.05, 4.69) is 22.9 Å². The number of nitrogens with zero attached hydrogens (tertiary/aromatic N) is 3. The molecule has 1 aromatic heterocycles. The molecule has 5 nitrogen and oxygen atoms in total. The van der Waals surface area contributed by atoms with Crippen molar-refractivity contribution in [1.29, 1.82) is 0 Å². The van der Waals surface area contributed by atoms with Gasteiger partial charge < -0.3 is 14.4 Å². The molecule has 2 fully saturated rings. The van der Waals surface area contributed by atoms with E-state index in [-0.39, 0.29) is 5.91 Å². The van der Waals surface area contributed by atoms with E-state index >= 15 is 0 Å². The fraction of sp³-hybridized carbons (Fsp3) is 0.545. The number of piperidine rings is 2. The van der Waals surface area contributed by atoms with Gasteiger partial charge in [0.05, 0.1) is 6.42 Å². The number of hydrogen-bond acceptors (Lipinski definition) is 2. The minimum Gasteiger partial charge on any atom is -0.350 e. The molecule has 5 heteroatoms. The first kappa shape index (κ1) is 18.1. The topological polar surface area (TPSA) is 45.6 Å². The molecule has 0 unspecified atom stereocenters. The SMILES string of the molecule is Cn1cc(CC(=O)N2CCC(CN3CCCCC3=O)CC2)c2ccccc21. The lowest BCUT2D eigenvalue weighted by molar-refractivity contribution is -0.136. The molecule has 3 heterocycles. The van der Waals surface area contributed by atoms with Crippen LogP contribution in [0.15, 0.2) is 30.5 Å². The smallest absolute Gasteiger partial charge is 0.227 e. The highest BCUT2D eigenvalue weighted by Gasteiger charge is 2.27. The Morgan fingerprint density at radius 1 is 1.11 bits per heavy atom. The highest BCUT2D eigenvalue weighted by Crippen LogP contribution is 2.24. The highest BCUT2D eigenvalue weighted by atomic mass is 16.2. The first-order chi connectivity index (χ1) is 13.1. The van der Waals surface area contributed by atoms with Crippen LogP contribution in [0.4, 0.5) is 0 Å². The molecule has 0 bridgehead atoms. The van der Waals surface area contributed by atoms with Gasteiger partial charge in [0.25, 0.3) is 0 Å². The largest absolute Gasteiger partial charge is 0.350 e. The van der Waals surface area contributed by atoms with Crippen molar-refractivity contribution in [1.82, 2.24) is 14.4 Å². The van der Waals surface area contributed by atoms with Crippen LogP contribution in [0, 0.1) is 5.92 Å². The van der Waals surface area contributed by atoms with E-state index in [1.165, 1.54) is 10.9 Å². The number of amides is 2. The molecule has 4 rings (SSSR count). The van der Waals surface area contributed by atoms with Crippen LogP contribution in [0.3, 0.4) is 0 Å². The Morgan fingerprint density at radius 3 is 2.67 bits per heavy atom. The van der Waals surface area contributed by atoms with Gasteiger partial charge in [-0.1, -0.05) is 18.2 Å². The average molecular weight is 367 g/mol. The molecule has 144 valence electrons. The molecule has 0 atom stereocenters. The van der Waals surface area contributed by atoms with Gasteiger partial charge in [-0.2, -0.15) is 0 Å². The molecular formula is C22H29N3O2. The van der Waals surface area contributed by atoms with Gasteiger partial charge in [0, 0.05) is 56.7 Å². The van der Waals surface area contributed by atoms with Crippen LogP contribution >= 0.6 is 0 Å². The van der Waals surface area contributed by atoms with Crippen molar-refractivity contribution >= 4 is 22.7 Å². The van der Waals surface area contributed by atoms with Gasteiger partial charge in [0.2, 0.25) is 11.8 Å². The minimum atomic E-state index is 0.221. The number of likely N-dealkylation sites (tertiary alicyclic amines) is 2. The highest BCUT2D eigenvalue weighted by molar-refractivity contribution is 5.89. The molecule has 0 spiro atoms. The number of fused-ring (bicyclic) bond motifs is 1. The lowest BCUT2D eigenvalue weighted by atomic mass is 9.94. The number of rotatable bonds is 4. The van der Waals surface area contributed by atoms with E-state index in [4.69, 9.17) is 0 Å². The molecule has 1 aromatic carbocycles. The maximum absolute atomic E-state index is 12.8. The average Bonchev–Trinajstić information content (AvgIpc) is 3.00. The summed E-state index contributed by atoms with van der Waals surface area (Å²) in [5.74, 6) is 1.07. The van der Waals surface area contributed by atoms with Gasteiger partial charge in [-0.05, 0) is 43.2 Å². The third-order valence-corrected chi connectivity index (χ3v) is 6.19. The Kier molecular flexibility index (Phi) is 5.19. The second-order valence-electron chi connectivity index (χ2n) is 8.08. The second kappa shape index (κ2) is 7.75. The van der Waals surface area contributed by atoms with Gasteiger partial charge in [-0.3, -0.25) is 9.59 Å². The summed E-state index contributed by atoms with van der Waals surface area (Å²) in [6.45, 7) is 3.43. The monoisotopic (exact) mass is 367 g/mol. The predicted octanol–water partition coefficient (Wildman–Crippen LogP) is 2.97. The molecule has 2 aromatic rings. The first-order valence-corrected chi connectivity index (χ1v) is 10.2. The van der Waals surface area contributed by atoms with Crippen LogP contribution in [0.2, 0.25) is 0 Å². The van der Waals surface area contributed by atoms with E-state index < -0.39 is 0 Å². The van der Waals surface area contributed by atoms with Gasteiger partial charge in [-0.15, -0.1) is 0 Å². The third kappa shape index (κ3) is 3.87. The zero-order chi connectivity index (χ0) is 18.8. The molecule has 0 N–H and O–H groups in total. The normalized spacial score (nSPS) is 19.1. The van der Waals surface area contributed by atoms with E-state index in [0.717, 1.165) is 57.4 Å². The van der Waals surface area contributed by atoms with Crippen LogP contribution in [-0.4, -0.2) is 52.4 Å². The van der Waals surface area contributed by atoms with Crippen molar-refractivity contribution in [2.45, 2.75) is 38.5 Å². The fourth-order valence-corrected chi connectivity index (χ4v) is 4.57. The van der Waals surface area contributed by atoms with Crippen molar-refractivity contribution in [3.8, 4) is 0 Å². The Morgan fingerprint density at radius 2 is 1.89 bits per heavy atom. The van der Waals surface area contributed by atoms with E-state index in [1.54, 1.807) is 0 Å². The number of aromatic nitrogens is 1. The zero-order valence-corrected chi connectivity index (χ0v) is 16.2. The second-order valence-corrected chi connectivity index (χ2v) is 8.08. The summed E-state index contributed by atoms with van der Waals surface area (Å²) in [6, 6.07) is 8.26. The van der Waals surface area contributed by atoms with Gasteiger partial charge >= 0.3 is 0 Å². The Labute approximate surface area is 160 Å². The van der Waals surface area contributed by atoms with Gasteiger partial charge in [0.1, 0.15) is 0 Å². The first-order valence-electron chi connectivity index (χ1n) is 10.2. The van der Waals surface area contributed by atoms with Crippen LogP contribution in [-0.2, 0) is 23.1 Å². The molecule has 0 saturated carbocycles. The maximum Gasteiger partial charge on any atom is 0.227 e. The van der Waals surface area contributed by atoms with Crippen molar-refractivity contribution in [2.75, 3.05) is 26.2 Å². The standard InChI is InChI=1S/C22H29N3O2/c1-23-16-18(19-6-2-3-7-20(19)23)14-22(27)24-12-9-17(10-13-24)15-25-11-5-4-8-21(25)26/h2-3,6-7,16-17H,4-5,8-15H2,1H3. The van der Waals surface area contributed by atoms with Crippen molar-refractivity contribution in [3.05, 3.63) is 36.0 Å². The number of benzene rings is 1. The third-order valence-electron chi connectivity index (χ3n) is 6.19. The lowest BCUT2D eigenvalue weighted by Gasteiger charge is -2.36. The molecule has 27 heavy (non-hydrogen) atoms. The van der Waals surface area contributed by atoms with E-state index in [9.17, 15) is 9.59 Å². The predicted molar refractivity (Wildman–Crippen MR) is 106 cm³/mol. The van der Waals surface area contributed by atoms with E-state index in [0.29, 0.717) is 24.7 Å². The van der Waals surface area contributed by atoms with Gasteiger partial charge in [0.15, 0.2) is 0 Å². The summed E-state index contributed by atoms with van der Waals surface area (Å²) in [6.07, 6.45) is 7.44. The Hall–Kier alpha value is -2.30. The minimum absolute atomic E-state index is 0.221. The van der Waals surface area contributed by atoms with Gasteiger partial charge in [-0.25, -0.2) is 0 Å². The van der Waals surface area contributed by atoms with Crippen molar-refractivity contribution < 1.29 is 9.59 Å². The van der Waals surface area contributed by atoms with E-state index in [1.807, 2.05) is 29.0 Å². The van der Waals surface area contributed by atoms with Crippen molar-refractivity contribution in [3.63, 3.8) is 0 Å². The molecule has 0 aliphatic carbocycles. The van der Waals surface area contributed by atoms with Crippen LogP contribution in [0.5, 0.6) is 0 Å². The number of aryl methyl sites for hydroxylation is 1. The molecular weight excluding hydrogens is 338 g/mol. The number of carbonyl (C=O) groups is 2. The van der Waals surface area contributed by atoms with Crippen LogP contribution in [0.1, 0.15) is 37.7 Å². The summed E-state index contributed by atoms with van der Waals surface area (Å²) >= 11 is 0. The molecule has 2 amide bonds. The molecule has 0 radical (unpaired) electrons. The summed E-state index contributed by atoms with van der Waals surface area (Å²) in [4.78, 5) is 28.9. The number of para-hydroxylation sites is 1. The molecule has 2 aliphatic heterocycles. The molecule has 2 saturated heterocycles. The summed E-state index contributed by atoms with van der Waals surface area (Å²) < 4.78 is 2.10. The molecule has 2 aliphatic rings. The number of hydrogen-bond donors (Lipinski definition) is 0. The van der Waals surface area contributed by atoms with Crippen LogP contribution in [0.25, 0.3) is 10.9 Å². The quantitative estimate of drug-likeness (QED) is 0.834. The zero-order valence-electron chi connectivity index (χ0n) is 16.2. The Balaban J connectivity index is 1.32. The maximum atomic E-state index is 12.8. The summed E-state index contributed by atoms with van der Waals surface area (Å²) in [7, 11) is 2.03. The Bertz CT molecular complexity index is 833. The summed E-state index contributed by atoms with van der Waals surface area (Å²) in [5.41, 5.74) is 2.28. The fourth-order valence-electron chi connectivity index (χ4n) is 4.57.